The summed E-state index contributed by atoms with van der Waals surface area (Å²) in [5.74, 6) is 2.02. The summed E-state index contributed by atoms with van der Waals surface area (Å²) in [5.41, 5.74) is 0.890. The number of ether oxygens (including phenoxy) is 1. The Morgan fingerprint density at radius 3 is 2.67 bits per heavy atom. The molecule has 0 bridgehead atoms. The maximum Gasteiger partial charge on any atom is 0.249 e. The second-order valence-electron chi connectivity index (χ2n) is 4.65. The van der Waals surface area contributed by atoms with Crippen LogP contribution in [0.3, 0.4) is 0 Å². The van der Waals surface area contributed by atoms with Gasteiger partial charge in [-0.05, 0) is 30.7 Å². The van der Waals surface area contributed by atoms with E-state index in [0.717, 1.165) is 30.2 Å². The Labute approximate surface area is 125 Å². The number of hydrogen-bond donors (Lipinski definition) is 2. The van der Waals surface area contributed by atoms with Gasteiger partial charge in [-0.15, -0.1) is 5.10 Å². The van der Waals surface area contributed by atoms with Gasteiger partial charge in [0.15, 0.2) is 5.82 Å². The van der Waals surface area contributed by atoms with Crippen LogP contribution in [0.4, 0.5) is 17.5 Å². The van der Waals surface area contributed by atoms with Crippen LogP contribution in [0.2, 0.25) is 0 Å². The van der Waals surface area contributed by atoms with Crippen molar-refractivity contribution in [1.82, 2.24) is 15.2 Å². The lowest BCUT2D eigenvalue weighted by atomic mass is 10.2. The third-order valence-corrected chi connectivity index (χ3v) is 2.99. The van der Waals surface area contributed by atoms with Gasteiger partial charge < -0.3 is 15.4 Å². The van der Waals surface area contributed by atoms with E-state index in [1.165, 1.54) is 12.8 Å². The Bertz CT molecular complexity index is 544. The van der Waals surface area contributed by atoms with Crippen LogP contribution in [0.25, 0.3) is 0 Å². The molecule has 0 spiro atoms. The molecule has 0 saturated carbocycles. The number of rotatable bonds is 8. The van der Waals surface area contributed by atoms with E-state index in [4.69, 9.17) is 4.74 Å². The van der Waals surface area contributed by atoms with Gasteiger partial charge in [0.2, 0.25) is 5.95 Å². The predicted octanol–water partition coefficient (Wildman–Crippen LogP) is 3.23. The van der Waals surface area contributed by atoms with Crippen LogP contribution in [-0.4, -0.2) is 28.8 Å². The van der Waals surface area contributed by atoms with E-state index >= 15 is 0 Å². The molecule has 112 valence electrons. The number of unbranched alkanes of at least 4 members (excludes halogenated alkanes) is 2. The number of nitrogens with one attached hydrogen (secondary N) is 2. The molecule has 21 heavy (non-hydrogen) atoms. The molecule has 1 aromatic carbocycles. The molecular weight excluding hydrogens is 266 g/mol. The van der Waals surface area contributed by atoms with E-state index < -0.39 is 0 Å². The van der Waals surface area contributed by atoms with Crippen LogP contribution in [0.15, 0.2) is 30.5 Å². The SMILES string of the molecule is CCCCCNc1cnnc(Nc2ccc(OC)cc2)n1. The summed E-state index contributed by atoms with van der Waals surface area (Å²) in [5, 5.41) is 14.3. The van der Waals surface area contributed by atoms with Crippen LogP contribution < -0.4 is 15.4 Å². The minimum Gasteiger partial charge on any atom is -0.497 e. The van der Waals surface area contributed by atoms with Gasteiger partial charge in [0.1, 0.15) is 5.75 Å². The van der Waals surface area contributed by atoms with Crippen molar-refractivity contribution in [3.05, 3.63) is 30.5 Å². The molecule has 0 unspecified atom stereocenters. The van der Waals surface area contributed by atoms with Gasteiger partial charge in [0, 0.05) is 12.2 Å². The summed E-state index contributed by atoms with van der Waals surface area (Å²) in [6.45, 7) is 3.08. The zero-order valence-corrected chi connectivity index (χ0v) is 12.5. The first-order valence-corrected chi connectivity index (χ1v) is 7.16. The molecule has 0 atom stereocenters. The van der Waals surface area contributed by atoms with Crippen molar-refractivity contribution >= 4 is 17.5 Å². The Kier molecular flexibility index (Phi) is 5.75. The number of anilines is 3. The van der Waals surface area contributed by atoms with Crippen LogP contribution in [0, 0.1) is 0 Å². The number of hydrogen-bond acceptors (Lipinski definition) is 6. The topological polar surface area (TPSA) is 72.0 Å². The normalized spacial score (nSPS) is 10.2. The molecule has 1 aromatic heterocycles. The summed E-state index contributed by atoms with van der Waals surface area (Å²) >= 11 is 0. The predicted molar refractivity (Wildman–Crippen MR) is 84.1 cm³/mol. The van der Waals surface area contributed by atoms with Gasteiger partial charge in [0.05, 0.1) is 13.3 Å². The van der Waals surface area contributed by atoms with Gasteiger partial charge >= 0.3 is 0 Å². The summed E-state index contributed by atoms with van der Waals surface area (Å²) in [6, 6.07) is 7.57. The lowest BCUT2D eigenvalue weighted by molar-refractivity contribution is 0.415. The molecule has 1 heterocycles. The van der Waals surface area contributed by atoms with Crippen LogP contribution in [-0.2, 0) is 0 Å². The van der Waals surface area contributed by atoms with Gasteiger partial charge in [0.25, 0.3) is 0 Å². The Morgan fingerprint density at radius 2 is 1.95 bits per heavy atom. The van der Waals surface area contributed by atoms with E-state index in [-0.39, 0.29) is 0 Å². The highest BCUT2D eigenvalue weighted by Gasteiger charge is 2.01. The summed E-state index contributed by atoms with van der Waals surface area (Å²) in [4.78, 5) is 4.38. The Morgan fingerprint density at radius 1 is 1.14 bits per heavy atom. The molecule has 0 aliphatic rings. The third kappa shape index (κ3) is 4.91. The highest BCUT2D eigenvalue weighted by atomic mass is 16.5. The van der Waals surface area contributed by atoms with Crippen molar-refractivity contribution < 1.29 is 4.74 Å². The van der Waals surface area contributed by atoms with E-state index in [1.54, 1.807) is 13.3 Å². The first kappa shape index (κ1) is 15.0. The fourth-order valence-electron chi connectivity index (χ4n) is 1.84. The first-order chi connectivity index (χ1) is 10.3. The zero-order chi connectivity index (χ0) is 14.9. The van der Waals surface area contributed by atoms with Crippen molar-refractivity contribution in [2.24, 2.45) is 0 Å². The van der Waals surface area contributed by atoms with Crippen molar-refractivity contribution in [2.45, 2.75) is 26.2 Å². The molecule has 2 rings (SSSR count). The zero-order valence-electron chi connectivity index (χ0n) is 12.5. The maximum absolute atomic E-state index is 5.12. The van der Waals surface area contributed by atoms with Gasteiger partial charge in [-0.25, -0.2) is 0 Å². The summed E-state index contributed by atoms with van der Waals surface area (Å²) < 4.78 is 5.12. The van der Waals surface area contributed by atoms with Crippen molar-refractivity contribution in [3.8, 4) is 5.75 Å². The average molecular weight is 287 g/mol. The molecule has 0 aliphatic heterocycles. The maximum atomic E-state index is 5.12. The van der Waals surface area contributed by atoms with Crippen LogP contribution in [0.5, 0.6) is 5.75 Å². The van der Waals surface area contributed by atoms with E-state index in [1.807, 2.05) is 24.3 Å². The monoisotopic (exact) mass is 287 g/mol. The minimum absolute atomic E-state index is 0.473. The van der Waals surface area contributed by atoms with E-state index in [2.05, 4.69) is 32.7 Å². The second kappa shape index (κ2) is 8.04. The highest BCUT2D eigenvalue weighted by Crippen LogP contribution is 2.17. The van der Waals surface area contributed by atoms with Crippen molar-refractivity contribution in [1.29, 1.82) is 0 Å². The Hall–Kier alpha value is -2.37. The summed E-state index contributed by atoms with van der Waals surface area (Å²) in [7, 11) is 1.64. The standard InChI is InChI=1S/C15H21N5O/c1-3-4-5-10-16-14-11-17-20-15(19-14)18-12-6-8-13(21-2)9-7-12/h6-9,11H,3-5,10H2,1-2H3,(H2,16,18,19,20). The molecule has 0 fully saturated rings. The van der Waals surface area contributed by atoms with Crippen molar-refractivity contribution in [3.63, 3.8) is 0 Å². The number of methoxy groups -OCH3 is 1. The van der Waals surface area contributed by atoms with Crippen LogP contribution >= 0.6 is 0 Å². The number of aromatic nitrogens is 3. The van der Waals surface area contributed by atoms with Gasteiger partial charge in [-0.1, -0.05) is 19.8 Å². The lowest BCUT2D eigenvalue weighted by Gasteiger charge is -2.08. The molecule has 0 saturated heterocycles. The largest absolute Gasteiger partial charge is 0.497 e. The average Bonchev–Trinajstić information content (AvgIpc) is 2.53. The molecule has 6 heteroatoms. The molecule has 2 N–H and O–H groups in total. The van der Waals surface area contributed by atoms with Gasteiger partial charge in [-0.3, -0.25) is 0 Å². The quantitative estimate of drug-likeness (QED) is 0.726. The molecule has 0 aliphatic carbocycles. The Balaban J connectivity index is 1.93. The van der Waals surface area contributed by atoms with E-state index in [0.29, 0.717) is 5.95 Å². The molecule has 0 radical (unpaired) electrons. The fourth-order valence-corrected chi connectivity index (χ4v) is 1.84. The first-order valence-electron chi connectivity index (χ1n) is 7.16. The highest BCUT2D eigenvalue weighted by molar-refractivity contribution is 5.55. The number of nitrogens with zero attached hydrogens (tertiary/aromatic N) is 3. The van der Waals surface area contributed by atoms with Gasteiger partial charge in [-0.2, -0.15) is 10.1 Å². The molecule has 6 nitrogen and oxygen atoms in total. The molecule has 0 amide bonds. The van der Waals surface area contributed by atoms with E-state index in [9.17, 15) is 0 Å². The molecule has 2 aromatic rings. The molecular formula is C15H21N5O. The van der Waals surface area contributed by atoms with Crippen LogP contribution in [0.1, 0.15) is 26.2 Å². The minimum atomic E-state index is 0.473. The second-order valence-corrected chi connectivity index (χ2v) is 4.65. The van der Waals surface area contributed by atoms with Crippen molar-refractivity contribution in [2.75, 3.05) is 24.3 Å². The lowest BCUT2D eigenvalue weighted by Crippen LogP contribution is -2.06. The summed E-state index contributed by atoms with van der Waals surface area (Å²) in [6.07, 6.45) is 5.17. The number of benzene rings is 1. The fraction of sp³-hybridized carbons (Fsp3) is 0.400. The smallest absolute Gasteiger partial charge is 0.249 e. The third-order valence-electron chi connectivity index (χ3n) is 2.99.